The van der Waals surface area contributed by atoms with E-state index in [0.29, 0.717) is 5.75 Å². The second-order valence-corrected chi connectivity index (χ2v) is 5.67. The van der Waals surface area contributed by atoms with E-state index in [2.05, 4.69) is 20.9 Å². The average Bonchev–Trinajstić information content (AvgIpc) is 2.66. The summed E-state index contributed by atoms with van der Waals surface area (Å²) in [7, 11) is 1.85. The number of rotatable bonds is 4. The monoisotopic (exact) mass is 330 g/mol. The third kappa shape index (κ3) is 3.13. The normalized spacial score (nSPS) is 10.9. The van der Waals surface area contributed by atoms with Crippen molar-refractivity contribution in [2.75, 3.05) is 0 Å². The molecule has 0 aliphatic rings. The first-order valence-electron chi connectivity index (χ1n) is 5.29. The van der Waals surface area contributed by atoms with Crippen LogP contribution in [-0.4, -0.2) is 14.7 Å². The summed E-state index contributed by atoms with van der Waals surface area (Å²) in [5.41, 5.74) is 1.65. The lowest BCUT2D eigenvalue weighted by molar-refractivity contribution is 0.271. The standard InChI is InChI=1S/C12H12BrFN2OS/c1-16-11(6-17)5-15-12(16)18-7-8-2-9(13)4-10(14)3-8/h2-5,17H,6-7H2,1H3. The Morgan fingerprint density at radius 2 is 2.22 bits per heavy atom. The second kappa shape index (κ2) is 5.86. The Morgan fingerprint density at radius 1 is 1.44 bits per heavy atom. The van der Waals surface area contributed by atoms with Gasteiger partial charge in [0.15, 0.2) is 5.16 Å². The van der Waals surface area contributed by atoms with Crippen LogP contribution in [0, 0.1) is 5.82 Å². The fourth-order valence-corrected chi connectivity index (χ4v) is 2.96. The van der Waals surface area contributed by atoms with Crippen molar-refractivity contribution in [3.8, 4) is 0 Å². The number of hydrogen-bond acceptors (Lipinski definition) is 3. The van der Waals surface area contributed by atoms with E-state index in [4.69, 9.17) is 5.11 Å². The number of aliphatic hydroxyl groups excluding tert-OH is 1. The van der Waals surface area contributed by atoms with Crippen LogP contribution in [0.15, 0.2) is 34.0 Å². The highest BCUT2D eigenvalue weighted by Gasteiger charge is 2.07. The Bertz CT molecular complexity index is 539. The largest absolute Gasteiger partial charge is 0.390 e. The number of imidazole rings is 1. The molecule has 0 unspecified atom stereocenters. The molecule has 0 saturated carbocycles. The Morgan fingerprint density at radius 3 is 2.83 bits per heavy atom. The summed E-state index contributed by atoms with van der Waals surface area (Å²) in [6.07, 6.45) is 1.64. The van der Waals surface area contributed by atoms with Crippen molar-refractivity contribution < 1.29 is 9.50 Å². The van der Waals surface area contributed by atoms with Crippen molar-refractivity contribution in [1.29, 1.82) is 0 Å². The summed E-state index contributed by atoms with van der Waals surface area (Å²) >= 11 is 4.77. The molecule has 1 N–H and O–H groups in total. The molecule has 0 fully saturated rings. The quantitative estimate of drug-likeness (QED) is 0.875. The van der Waals surface area contributed by atoms with Gasteiger partial charge in [-0.25, -0.2) is 9.37 Å². The van der Waals surface area contributed by atoms with E-state index in [-0.39, 0.29) is 12.4 Å². The van der Waals surface area contributed by atoms with Gasteiger partial charge in [-0.2, -0.15) is 0 Å². The van der Waals surface area contributed by atoms with E-state index in [1.54, 1.807) is 6.20 Å². The van der Waals surface area contributed by atoms with Gasteiger partial charge in [-0.1, -0.05) is 27.7 Å². The van der Waals surface area contributed by atoms with Crippen LogP contribution in [-0.2, 0) is 19.4 Å². The Balaban J connectivity index is 2.09. The molecule has 2 rings (SSSR count). The molecule has 0 atom stereocenters. The van der Waals surface area contributed by atoms with Crippen molar-refractivity contribution in [1.82, 2.24) is 9.55 Å². The second-order valence-electron chi connectivity index (χ2n) is 3.82. The SMILES string of the molecule is Cn1c(CO)cnc1SCc1cc(F)cc(Br)c1. The Hall–Kier alpha value is -0.850. The van der Waals surface area contributed by atoms with Crippen LogP contribution in [0.2, 0.25) is 0 Å². The van der Waals surface area contributed by atoms with Crippen molar-refractivity contribution >= 4 is 27.7 Å². The lowest BCUT2D eigenvalue weighted by atomic mass is 10.2. The molecule has 18 heavy (non-hydrogen) atoms. The molecule has 0 radical (unpaired) electrons. The summed E-state index contributed by atoms with van der Waals surface area (Å²) in [5, 5.41) is 9.87. The lowest BCUT2D eigenvalue weighted by Gasteiger charge is -2.05. The number of nitrogens with zero attached hydrogens (tertiary/aromatic N) is 2. The van der Waals surface area contributed by atoms with Crippen LogP contribution in [0.5, 0.6) is 0 Å². The topological polar surface area (TPSA) is 38.0 Å². The van der Waals surface area contributed by atoms with Gasteiger partial charge in [-0.05, 0) is 23.8 Å². The number of aliphatic hydroxyl groups is 1. The molecule has 0 amide bonds. The molecule has 1 heterocycles. The predicted octanol–water partition coefficient (Wildman–Crippen LogP) is 3.11. The third-order valence-electron chi connectivity index (χ3n) is 2.49. The van der Waals surface area contributed by atoms with Crippen LogP contribution in [0.3, 0.4) is 0 Å². The first-order chi connectivity index (χ1) is 8.60. The number of aromatic nitrogens is 2. The molecule has 1 aromatic carbocycles. The fourth-order valence-electron chi connectivity index (χ4n) is 1.55. The van der Waals surface area contributed by atoms with Crippen molar-refractivity contribution in [2.45, 2.75) is 17.5 Å². The van der Waals surface area contributed by atoms with Crippen molar-refractivity contribution in [2.24, 2.45) is 7.05 Å². The summed E-state index contributed by atoms with van der Waals surface area (Å²) in [6, 6.07) is 4.82. The third-order valence-corrected chi connectivity index (χ3v) is 4.07. The molecular formula is C12H12BrFN2OS. The zero-order chi connectivity index (χ0) is 13.1. The summed E-state index contributed by atoms with van der Waals surface area (Å²) in [4.78, 5) is 4.21. The maximum absolute atomic E-state index is 13.2. The highest BCUT2D eigenvalue weighted by atomic mass is 79.9. The highest BCUT2D eigenvalue weighted by molar-refractivity contribution is 9.10. The van der Waals surface area contributed by atoms with E-state index in [0.717, 1.165) is 20.9 Å². The molecule has 0 spiro atoms. The molecule has 96 valence electrons. The van der Waals surface area contributed by atoms with Gasteiger partial charge in [0.05, 0.1) is 18.5 Å². The maximum Gasteiger partial charge on any atom is 0.168 e. The van der Waals surface area contributed by atoms with Gasteiger partial charge < -0.3 is 9.67 Å². The molecule has 1 aromatic heterocycles. The van der Waals surface area contributed by atoms with Crippen LogP contribution in [0.25, 0.3) is 0 Å². The van der Waals surface area contributed by atoms with E-state index in [9.17, 15) is 4.39 Å². The molecule has 0 aliphatic carbocycles. The van der Waals surface area contributed by atoms with E-state index in [1.807, 2.05) is 17.7 Å². The van der Waals surface area contributed by atoms with Crippen molar-refractivity contribution in [3.05, 3.63) is 45.9 Å². The molecular weight excluding hydrogens is 319 g/mol. The average molecular weight is 331 g/mol. The van der Waals surface area contributed by atoms with Gasteiger partial charge >= 0.3 is 0 Å². The summed E-state index contributed by atoms with van der Waals surface area (Å²) in [6.45, 7) is -0.0322. The van der Waals surface area contributed by atoms with E-state index < -0.39 is 0 Å². The number of benzene rings is 1. The number of halogens is 2. The Kier molecular flexibility index (Phi) is 4.42. The lowest BCUT2D eigenvalue weighted by Crippen LogP contribution is -1.97. The minimum absolute atomic E-state index is 0.0322. The molecule has 3 nitrogen and oxygen atoms in total. The van der Waals surface area contributed by atoms with Gasteiger partial charge in [0, 0.05) is 17.3 Å². The molecule has 6 heteroatoms. The molecule has 0 saturated heterocycles. The zero-order valence-electron chi connectivity index (χ0n) is 9.73. The maximum atomic E-state index is 13.2. The highest BCUT2D eigenvalue weighted by Crippen LogP contribution is 2.24. The van der Waals surface area contributed by atoms with E-state index >= 15 is 0 Å². The van der Waals surface area contributed by atoms with Gasteiger partial charge in [0.1, 0.15) is 5.82 Å². The van der Waals surface area contributed by atoms with E-state index in [1.165, 1.54) is 23.9 Å². The van der Waals surface area contributed by atoms with Crippen molar-refractivity contribution in [3.63, 3.8) is 0 Å². The zero-order valence-corrected chi connectivity index (χ0v) is 12.1. The van der Waals surface area contributed by atoms with Gasteiger partial charge in [-0.3, -0.25) is 0 Å². The number of thioether (sulfide) groups is 1. The van der Waals surface area contributed by atoms with Gasteiger partial charge in [-0.15, -0.1) is 0 Å². The van der Waals surface area contributed by atoms with Crippen LogP contribution in [0.4, 0.5) is 4.39 Å². The van der Waals surface area contributed by atoms with Crippen LogP contribution >= 0.6 is 27.7 Å². The smallest absolute Gasteiger partial charge is 0.168 e. The van der Waals surface area contributed by atoms with Crippen LogP contribution in [0.1, 0.15) is 11.3 Å². The van der Waals surface area contributed by atoms with Gasteiger partial charge in [0.2, 0.25) is 0 Å². The first kappa shape index (κ1) is 13.6. The molecule has 2 aromatic rings. The minimum Gasteiger partial charge on any atom is -0.390 e. The molecule has 0 bridgehead atoms. The van der Waals surface area contributed by atoms with Gasteiger partial charge in [0.25, 0.3) is 0 Å². The summed E-state index contributed by atoms with van der Waals surface area (Å²) in [5.74, 6) is 0.377. The fraction of sp³-hybridized carbons (Fsp3) is 0.250. The molecule has 0 aliphatic heterocycles. The minimum atomic E-state index is -0.254. The van der Waals surface area contributed by atoms with Crippen LogP contribution < -0.4 is 0 Å². The Labute approximate surface area is 117 Å². The number of hydrogen-bond donors (Lipinski definition) is 1. The summed E-state index contributed by atoms with van der Waals surface area (Å²) < 4.78 is 15.8. The predicted molar refractivity (Wildman–Crippen MR) is 72.8 cm³/mol. The first-order valence-corrected chi connectivity index (χ1v) is 7.07.